The lowest BCUT2D eigenvalue weighted by Crippen LogP contribution is -2.50. The second-order valence-electron chi connectivity index (χ2n) is 6.37. The van der Waals surface area contributed by atoms with E-state index in [1.54, 1.807) is 11.1 Å². The number of benzene rings is 1. The predicted octanol–water partition coefficient (Wildman–Crippen LogP) is 4.18. The molecular weight excluding hydrogens is 242 g/mol. The van der Waals surface area contributed by atoms with Crippen LogP contribution in [0.15, 0.2) is 24.3 Å². The molecule has 98 valence electrons. The molecule has 0 amide bonds. The van der Waals surface area contributed by atoms with Crippen molar-refractivity contribution >= 4 is 12.4 Å². The molecule has 1 N–H and O–H groups in total. The molecule has 2 aliphatic heterocycles. The summed E-state index contributed by atoms with van der Waals surface area (Å²) in [6, 6.07) is 9.75. The van der Waals surface area contributed by atoms with E-state index in [9.17, 15) is 0 Å². The zero-order valence-corrected chi connectivity index (χ0v) is 11.8. The average Bonchev–Trinajstić information content (AvgIpc) is 2.61. The molecule has 1 aliphatic carbocycles. The van der Waals surface area contributed by atoms with Crippen molar-refractivity contribution in [1.82, 2.24) is 5.32 Å². The van der Waals surface area contributed by atoms with E-state index >= 15 is 0 Å². The lowest BCUT2D eigenvalue weighted by Gasteiger charge is -2.47. The fourth-order valence-corrected chi connectivity index (χ4v) is 4.84. The molecule has 1 saturated heterocycles. The van der Waals surface area contributed by atoms with Gasteiger partial charge in [0.2, 0.25) is 0 Å². The number of nitrogens with one attached hydrogen (secondary N) is 1. The van der Waals surface area contributed by atoms with Crippen LogP contribution >= 0.6 is 12.4 Å². The van der Waals surface area contributed by atoms with Crippen LogP contribution in [0.2, 0.25) is 0 Å². The monoisotopic (exact) mass is 263 g/mol. The molecule has 1 aromatic carbocycles. The van der Waals surface area contributed by atoms with Gasteiger partial charge in [0.15, 0.2) is 0 Å². The molecule has 1 aromatic rings. The molecule has 2 heteroatoms. The van der Waals surface area contributed by atoms with Gasteiger partial charge in [0.25, 0.3) is 0 Å². The highest BCUT2D eigenvalue weighted by atomic mass is 35.5. The molecule has 4 rings (SSSR count). The Balaban J connectivity index is 0.000001000. The molecule has 3 aliphatic rings. The quantitative estimate of drug-likeness (QED) is 0.741. The minimum absolute atomic E-state index is 0. The lowest BCUT2D eigenvalue weighted by molar-refractivity contribution is 0.0591. The van der Waals surface area contributed by atoms with Gasteiger partial charge in [0, 0.05) is 11.6 Å². The molecular formula is C16H22ClN. The summed E-state index contributed by atoms with van der Waals surface area (Å²) in [4.78, 5) is 0. The van der Waals surface area contributed by atoms with Crippen LogP contribution in [0.25, 0.3) is 0 Å². The van der Waals surface area contributed by atoms with E-state index in [1.165, 1.54) is 32.1 Å². The van der Waals surface area contributed by atoms with Crippen LogP contribution < -0.4 is 5.32 Å². The number of hydrogen-bond donors (Lipinski definition) is 1. The molecule has 4 unspecified atom stereocenters. The Morgan fingerprint density at radius 2 is 1.94 bits per heavy atom. The minimum atomic E-state index is 0. The molecule has 1 saturated carbocycles. The van der Waals surface area contributed by atoms with E-state index in [-0.39, 0.29) is 17.9 Å². The Kier molecular flexibility index (Phi) is 2.95. The summed E-state index contributed by atoms with van der Waals surface area (Å²) >= 11 is 0. The van der Waals surface area contributed by atoms with Gasteiger partial charge in [0.1, 0.15) is 0 Å². The molecule has 18 heavy (non-hydrogen) atoms. The Morgan fingerprint density at radius 3 is 2.83 bits per heavy atom. The third kappa shape index (κ3) is 1.50. The van der Waals surface area contributed by atoms with Crippen molar-refractivity contribution in [2.75, 3.05) is 0 Å². The zero-order valence-electron chi connectivity index (χ0n) is 11.0. The molecule has 2 fully saturated rings. The van der Waals surface area contributed by atoms with Crippen LogP contribution in [0.3, 0.4) is 0 Å². The Hall–Kier alpha value is -0.530. The number of halogens is 1. The largest absolute Gasteiger partial charge is 0.300 e. The van der Waals surface area contributed by atoms with Gasteiger partial charge in [-0.3, -0.25) is 0 Å². The SMILES string of the molecule is CC12NC(CC3CCCCC31)c1ccccc12.Cl. The van der Waals surface area contributed by atoms with E-state index < -0.39 is 0 Å². The van der Waals surface area contributed by atoms with Crippen LogP contribution in [-0.4, -0.2) is 0 Å². The Morgan fingerprint density at radius 1 is 1.17 bits per heavy atom. The van der Waals surface area contributed by atoms with Crippen molar-refractivity contribution in [1.29, 1.82) is 0 Å². The molecule has 2 bridgehead atoms. The maximum atomic E-state index is 3.93. The lowest BCUT2D eigenvalue weighted by atomic mass is 9.65. The smallest absolute Gasteiger partial charge is 0.0445 e. The fourth-order valence-electron chi connectivity index (χ4n) is 4.84. The molecule has 0 spiro atoms. The maximum Gasteiger partial charge on any atom is 0.0445 e. The minimum Gasteiger partial charge on any atom is -0.300 e. The summed E-state index contributed by atoms with van der Waals surface area (Å²) in [7, 11) is 0. The van der Waals surface area contributed by atoms with Gasteiger partial charge in [0.05, 0.1) is 0 Å². The van der Waals surface area contributed by atoms with E-state index in [4.69, 9.17) is 0 Å². The molecule has 1 nitrogen and oxygen atoms in total. The van der Waals surface area contributed by atoms with E-state index in [0.29, 0.717) is 6.04 Å². The molecule has 0 radical (unpaired) electrons. The van der Waals surface area contributed by atoms with Gasteiger partial charge >= 0.3 is 0 Å². The Labute approximate surface area is 116 Å². The summed E-state index contributed by atoms with van der Waals surface area (Å²) in [6.45, 7) is 2.45. The second kappa shape index (κ2) is 4.25. The molecule has 4 atom stereocenters. The molecule has 0 aromatic heterocycles. The van der Waals surface area contributed by atoms with Crippen molar-refractivity contribution in [3.8, 4) is 0 Å². The van der Waals surface area contributed by atoms with Gasteiger partial charge in [-0.1, -0.05) is 43.5 Å². The summed E-state index contributed by atoms with van der Waals surface area (Å²) in [5.74, 6) is 1.84. The second-order valence-corrected chi connectivity index (χ2v) is 6.37. The van der Waals surface area contributed by atoms with Gasteiger partial charge < -0.3 is 5.32 Å². The van der Waals surface area contributed by atoms with Crippen molar-refractivity contribution in [3.05, 3.63) is 35.4 Å². The van der Waals surface area contributed by atoms with Crippen LogP contribution in [0, 0.1) is 11.8 Å². The molecule has 2 heterocycles. The highest BCUT2D eigenvalue weighted by Crippen LogP contribution is 2.55. The Bertz CT molecular complexity index is 458. The van der Waals surface area contributed by atoms with Crippen molar-refractivity contribution < 1.29 is 0 Å². The summed E-state index contributed by atoms with van der Waals surface area (Å²) in [5.41, 5.74) is 3.45. The van der Waals surface area contributed by atoms with Gasteiger partial charge in [-0.25, -0.2) is 0 Å². The van der Waals surface area contributed by atoms with Crippen LogP contribution in [0.1, 0.15) is 56.2 Å². The average molecular weight is 264 g/mol. The van der Waals surface area contributed by atoms with Crippen molar-refractivity contribution in [3.63, 3.8) is 0 Å². The summed E-state index contributed by atoms with van der Waals surface area (Å²) in [5, 5.41) is 3.93. The normalized spacial score (nSPS) is 40.6. The first kappa shape index (κ1) is 12.5. The highest BCUT2D eigenvalue weighted by molar-refractivity contribution is 5.85. The maximum absolute atomic E-state index is 3.93. The van der Waals surface area contributed by atoms with Crippen LogP contribution in [0.5, 0.6) is 0 Å². The third-order valence-corrected chi connectivity index (χ3v) is 5.56. The standard InChI is InChI=1S/C16H21N.ClH/c1-16-13-8-4-2-6-11(13)10-15(17-16)12-7-3-5-9-14(12)16;/h3,5,7,9,11,13,15,17H,2,4,6,8,10H2,1H3;1H. The number of piperidine rings is 1. The van der Waals surface area contributed by atoms with Gasteiger partial charge in [-0.05, 0) is 42.7 Å². The van der Waals surface area contributed by atoms with Crippen LogP contribution in [0.4, 0.5) is 0 Å². The van der Waals surface area contributed by atoms with Crippen molar-refractivity contribution in [2.24, 2.45) is 11.8 Å². The van der Waals surface area contributed by atoms with Gasteiger partial charge in [-0.2, -0.15) is 0 Å². The number of fused-ring (bicyclic) bond motifs is 7. The van der Waals surface area contributed by atoms with E-state index in [0.717, 1.165) is 11.8 Å². The first-order valence-electron chi connectivity index (χ1n) is 7.16. The van der Waals surface area contributed by atoms with Gasteiger partial charge in [-0.15, -0.1) is 12.4 Å². The third-order valence-electron chi connectivity index (χ3n) is 5.56. The van der Waals surface area contributed by atoms with Crippen molar-refractivity contribution in [2.45, 2.75) is 50.6 Å². The predicted molar refractivity (Wildman–Crippen MR) is 77.0 cm³/mol. The van der Waals surface area contributed by atoms with E-state index in [1.807, 2.05) is 0 Å². The first-order valence-corrected chi connectivity index (χ1v) is 7.16. The fraction of sp³-hybridized carbons (Fsp3) is 0.625. The summed E-state index contributed by atoms with van der Waals surface area (Å²) < 4.78 is 0. The highest BCUT2D eigenvalue weighted by Gasteiger charge is 2.52. The number of hydrogen-bond acceptors (Lipinski definition) is 1. The van der Waals surface area contributed by atoms with Crippen LogP contribution in [-0.2, 0) is 5.54 Å². The summed E-state index contributed by atoms with van der Waals surface area (Å²) in [6.07, 6.45) is 7.16. The first-order chi connectivity index (χ1) is 8.29. The van der Waals surface area contributed by atoms with E-state index in [2.05, 4.69) is 36.5 Å². The zero-order chi connectivity index (χ0) is 11.5. The number of rotatable bonds is 0. The topological polar surface area (TPSA) is 12.0 Å².